The second-order valence-corrected chi connectivity index (χ2v) is 8.33. The largest absolute Gasteiger partial charge is 0.394 e. The van der Waals surface area contributed by atoms with Crippen molar-refractivity contribution in [2.75, 3.05) is 13.2 Å². The SMILES string of the molecule is CC(C)C[C@H](NC(=O)c1cc2ccccc2[nH]1)C(=O)N[C@H](CO)C[C@@H]1CCNC1=O. The van der Waals surface area contributed by atoms with Gasteiger partial charge in [0.15, 0.2) is 0 Å². The molecule has 0 aliphatic carbocycles. The summed E-state index contributed by atoms with van der Waals surface area (Å²) < 4.78 is 0. The first kappa shape index (κ1) is 21.8. The summed E-state index contributed by atoms with van der Waals surface area (Å²) in [5, 5.41) is 19.0. The molecular formula is C22H30N4O4. The van der Waals surface area contributed by atoms with E-state index in [4.69, 9.17) is 0 Å². The fourth-order valence-corrected chi connectivity index (χ4v) is 3.83. The molecule has 1 fully saturated rings. The zero-order valence-electron chi connectivity index (χ0n) is 17.4. The van der Waals surface area contributed by atoms with Crippen LogP contribution in [0.25, 0.3) is 10.9 Å². The number of nitrogens with one attached hydrogen (secondary N) is 4. The van der Waals surface area contributed by atoms with Gasteiger partial charge in [0.2, 0.25) is 11.8 Å². The van der Waals surface area contributed by atoms with Crippen molar-refractivity contribution >= 4 is 28.6 Å². The Labute approximate surface area is 175 Å². The molecule has 0 spiro atoms. The fourth-order valence-electron chi connectivity index (χ4n) is 3.83. The minimum Gasteiger partial charge on any atom is -0.394 e. The first-order valence-corrected chi connectivity index (χ1v) is 10.4. The number of amides is 3. The van der Waals surface area contributed by atoms with Crippen LogP contribution in [-0.2, 0) is 9.59 Å². The number of aliphatic hydroxyl groups is 1. The van der Waals surface area contributed by atoms with Crippen LogP contribution in [0.4, 0.5) is 0 Å². The molecule has 1 saturated heterocycles. The highest BCUT2D eigenvalue weighted by Gasteiger charge is 2.30. The molecule has 1 aliphatic heterocycles. The third kappa shape index (κ3) is 5.38. The lowest BCUT2D eigenvalue weighted by atomic mass is 9.97. The van der Waals surface area contributed by atoms with Gasteiger partial charge in [-0.25, -0.2) is 0 Å². The highest BCUT2D eigenvalue weighted by molar-refractivity contribution is 6.00. The number of carbonyl (C=O) groups is 3. The van der Waals surface area contributed by atoms with Crippen LogP contribution >= 0.6 is 0 Å². The molecule has 0 radical (unpaired) electrons. The van der Waals surface area contributed by atoms with E-state index in [-0.39, 0.29) is 36.2 Å². The Morgan fingerprint density at radius 3 is 2.63 bits per heavy atom. The molecule has 3 amide bonds. The third-order valence-electron chi connectivity index (χ3n) is 5.40. The highest BCUT2D eigenvalue weighted by Crippen LogP contribution is 2.17. The first-order valence-electron chi connectivity index (χ1n) is 10.4. The Bertz CT molecular complexity index is 874. The van der Waals surface area contributed by atoms with Crippen LogP contribution in [0.3, 0.4) is 0 Å². The summed E-state index contributed by atoms with van der Waals surface area (Å²) in [6.07, 6.45) is 1.52. The molecule has 2 aromatic rings. The van der Waals surface area contributed by atoms with E-state index in [2.05, 4.69) is 20.9 Å². The van der Waals surface area contributed by atoms with E-state index in [1.807, 2.05) is 38.1 Å². The summed E-state index contributed by atoms with van der Waals surface area (Å²) in [4.78, 5) is 40.5. The Morgan fingerprint density at radius 1 is 1.23 bits per heavy atom. The van der Waals surface area contributed by atoms with Gasteiger partial charge in [-0.3, -0.25) is 14.4 Å². The van der Waals surface area contributed by atoms with Crippen LogP contribution in [0.2, 0.25) is 0 Å². The molecule has 1 aliphatic rings. The molecule has 0 unspecified atom stereocenters. The molecule has 1 aromatic carbocycles. The summed E-state index contributed by atoms with van der Waals surface area (Å²) >= 11 is 0. The van der Waals surface area contributed by atoms with Crippen molar-refractivity contribution in [2.45, 2.75) is 45.2 Å². The maximum Gasteiger partial charge on any atom is 0.268 e. The maximum absolute atomic E-state index is 12.9. The molecule has 30 heavy (non-hydrogen) atoms. The quantitative estimate of drug-likeness (QED) is 0.424. The normalized spacial score (nSPS) is 18.3. The summed E-state index contributed by atoms with van der Waals surface area (Å²) in [6.45, 7) is 4.30. The van der Waals surface area contributed by atoms with Crippen molar-refractivity contribution in [1.29, 1.82) is 0 Å². The third-order valence-corrected chi connectivity index (χ3v) is 5.40. The summed E-state index contributed by atoms with van der Waals surface area (Å²) in [6, 6.07) is 8.05. The van der Waals surface area contributed by atoms with Crippen LogP contribution in [0.1, 0.15) is 43.6 Å². The van der Waals surface area contributed by atoms with Crippen molar-refractivity contribution in [2.24, 2.45) is 11.8 Å². The molecule has 3 atom stereocenters. The van der Waals surface area contributed by atoms with Gasteiger partial charge in [-0.15, -0.1) is 0 Å². The molecule has 162 valence electrons. The zero-order chi connectivity index (χ0) is 21.7. The van der Waals surface area contributed by atoms with E-state index in [9.17, 15) is 19.5 Å². The molecule has 0 saturated carbocycles. The Balaban J connectivity index is 1.66. The molecule has 1 aromatic heterocycles. The lowest BCUT2D eigenvalue weighted by Gasteiger charge is -2.24. The summed E-state index contributed by atoms with van der Waals surface area (Å²) in [5.41, 5.74) is 1.24. The number of hydrogen-bond donors (Lipinski definition) is 5. The van der Waals surface area contributed by atoms with E-state index < -0.39 is 12.1 Å². The molecule has 2 heterocycles. The number of hydrogen-bond acceptors (Lipinski definition) is 4. The number of rotatable bonds is 9. The van der Waals surface area contributed by atoms with Crippen LogP contribution < -0.4 is 16.0 Å². The Kier molecular flexibility index (Phi) is 7.10. The van der Waals surface area contributed by atoms with Gasteiger partial charge in [-0.05, 0) is 37.3 Å². The lowest BCUT2D eigenvalue weighted by molar-refractivity contribution is -0.126. The number of aromatic amines is 1. The second-order valence-electron chi connectivity index (χ2n) is 8.33. The first-order chi connectivity index (χ1) is 14.4. The van der Waals surface area contributed by atoms with Crippen molar-refractivity contribution in [3.05, 3.63) is 36.0 Å². The molecule has 8 heteroatoms. The number of aliphatic hydroxyl groups excluding tert-OH is 1. The smallest absolute Gasteiger partial charge is 0.268 e. The van der Waals surface area contributed by atoms with E-state index in [1.54, 1.807) is 6.07 Å². The van der Waals surface area contributed by atoms with Gasteiger partial charge < -0.3 is 26.0 Å². The fraction of sp³-hybridized carbons (Fsp3) is 0.500. The molecule has 8 nitrogen and oxygen atoms in total. The summed E-state index contributed by atoms with van der Waals surface area (Å²) in [7, 11) is 0. The van der Waals surface area contributed by atoms with Crippen molar-refractivity contribution < 1.29 is 19.5 Å². The Hall–Kier alpha value is -2.87. The average molecular weight is 415 g/mol. The lowest BCUT2D eigenvalue weighted by Crippen LogP contribution is -2.51. The van der Waals surface area contributed by atoms with Crippen LogP contribution in [0.15, 0.2) is 30.3 Å². The van der Waals surface area contributed by atoms with Crippen molar-refractivity contribution in [1.82, 2.24) is 20.9 Å². The predicted octanol–water partition coefficient (Wildman–Crippen LogP) is 1.32. The van der Waals surface area contributed by atoms with Crippen molar-refractivity contribution in [3.63, 3.8) is 0 Å². The minimum atomic E-state index is -0.740. The second kappa shape index (κ2) is 9.75. The van der Waals surface area contributed by atoms with E-state index in [1.165, 1.54) is 0 Å². The zero-order valence-corrected chi connectivity index (χ0v) is 17.4. The van der Waals surface area contributed by atoms with Gasteiger partial charge in [0.25, 0.3) is 5.91 Å². The molecule has 3 rings (SSSR count). The topological polar surface area (TPSA) is 123 Å². The van der Waals surface area contributed by atoms with E-state index in [0.717, 1.165) is 10.9 Å². The Morgan fingerprint density at radius 2 is 2.00 bits per heavy atom. The number of H-pyrrole nitrogens is 1. The van der Waals surface area contributed by atoms with Crippen LogP contribution in [-0.4, -0.2) is 53.0 Å². The molecule has 0 bridgehead atoms. The number of carbonyl (C=O) groups excluding carboxylic acids is 3. The average Bonchev–Trinajstić information content (AvgIpc) is 3.32. The maximum atomic E-state index is 12.9. The number of benzene rings is 1. The van der Waals surface area contributed by atoms with E-state index >= 15 is 0 Å². The summed E-state index contributed by atoms with van der Waals surface area (Å²) in [5.74, 6) is -0.800. The van der Waals surface area contributed by atoms with Gasteiger partial charge in [0, 0.05) is 23.4 Å². The number of fused-ring (bicyclic) bond motifs is 1. The monoisotopic (exact) mass is 414 g/mol. The van der Waals surface area contributed by atoms with Gasteiger partial charge in [-0.2, -0.15) is 0 Å². The van der Waals surface area contributed by atoms with Gasteiger partial charge in [-0.1, -0.05) is 32.0 Å². The molecular weight excluding hydrogens is 384 g/mol. The van der Waals surface area contributed by atoms with E-state index in [0.29, 0.717) is 31.5 Å². The highest BCUT2D eigenvalue weighted by atomic mass is 16.3. The minimum absolute atomic E-state index is 0.0476. The van der Waals surface area contributed by atoms with Gasteiger partial charge in [0.05, 0.1) is 12.6 Å². The van der Waals surface area contributed by atoms with Crippen molar-refractivity contribution in [3.8, 4) is 0 Å². The van der Waals surface area contributed by atoms with Crippen LogP contribution in [0.5, 0.6) is 0 Å². The number of para-hydroxylation sites is 1. The standard InChI is InChI=1S/C22H30N4O4/c1-13(2)9-18(21(29)24-16(12-27)10-15-7-8-23-20(15)28)26-22(30)19-11-14-5-3-4-6-17(14)25-19/h3-6,11,13,15-16,18,25,27H,7-10,12H2,1-2H3,(H,23,28)(H,24,29)(H,26,30)/t15-,16-,18-/m0/s1. The van der Waals surface area contributed by atoms with Gasteiger partial charge in [0.1, 0.15) is 11.7 Å². The predicted molar refractivity (Wildman–Crippen MR) is 114 cm³/mol. The molecule has 5 N–H and O–H groups in total. The van der Waals surface area contributed by atoms with Crippen LogP contribution in [0, 0.1) is 11.8 Å². The number of aromatic nitrogens is 1. The van der Waals surface area contributed by atoms with Gasteiger partial charge >= 0.3 is 0 Å².